The van der Waals surface area contributed by atoms with E-state index >= 15 is 0 Å². The summed E-state index contributed by atoms with van der Waals surface area (Å²) >= 11 is 0. The van der Waals surface area contributed by atoms with Crippen LogP contribution in [-0.4, -0.2) is 49.9 Å². The van der Waals surface area contributed by atoms with E-state index in [4.69, 9.17) is 0 Å². The first-order valence-corrected chi connectivity index (χ1v) is 6.26. The molecule has 0 fully saturated rings. The average molecular weight is 245 g/mol. The quantitative estimate of drug-likeness (QED) is 0.691. The molecule has 0 aromatic rings. The number of carbonyl (C=O) groups is 2. The highest BCUT2D eigenvalue weighted by molar-refractivity contribution is 5.75. The minimum atomic E-state index is -0.0114. The molecule has 0 aliphatic carbocycles. The normalized spacial score (nSPS) is 9.29. The molecule has 0 bridgehead atoms. The third-order valence-electron chi connectivity index (χ3n) is 2.00. The van der Waals surface area contributed by atoms with Gasteiger partial charge in [-0.3, -0.25) is 9.59 Å². The standard InChI is InChI=1S/C10H21N3O2.C2H6/c1-4-10(15)12-6-8-13(3)7-5-11-9(2)14;1-2/h4-8H2,1-3H3,(H,11,14)(H,12,15);1-2H3. The molecule has 0 atom stereocenters. The fourth-order valence-electron chi connectivity index (χ4n) is 1.05. The summed E-state index contributed by atoms with van der Waals surface area (Å²) in [5.41, 5.74) is 0. The molecular weight excluding hydrogens is 218 g/mol. The van der Waals surface area contributed by atoms with Crippen molar-refractivity contribution in [1.29, 1.82) is 0 Å². The zero-order valence-corrected chi connectivity index (χ0v) is 11.8. The Hall–Kier alpha value is -1.10. The van der Waals surface area contributed by atoms with E-state index in [1.54, 1.807) is 0 Å². The van der Waals surface area contributed by atoms with E-state index in [-0.39, 0.29) is 11.8 Å². The monoisotopic (exact) mass is 245 g/mol. The van der Waals surface area contributed by atoms with E-state index in [9.17, 15) is 9.59 Å². The van der Waals surface area contributed by atoms with Crippen LogP contribution in [0, 0.1) is 0 Å². The molecule has 0 heterocycles. The average Bonchev–Trinajstić information content (AvgIpc) is 2.31. The molecule has 0 rings (SSSR count). The molecule has 0 unspecified atom stereocenters. The van der Waals surface area contributed by atoms with Gasteiger partial charge in [0.15, 0.2) is 0 Å². The van der Waals surface area contributed by atoms with Crippen molar-refractivity contribution in [3.8, 4) is 0 Å². The van der Waals surface area contributed by atoms with Crippen LogP contribution in [0.25, 0.3) is 0 Å². The van der Waals surface area contributed by atoms with Crippen LogP contribution in [-0.2, 0) is 9.59 Å². The molecule has 0 saturated carbocycles. The zero-order chi connectivity index (χ0) is 13.7. The Morgan fingerprint density at radius 2 is 1.53 bits per heavy atom. The molecule has 102 valence electrons. The molecule has 0 aromatic heterocycles. The minimum absolute atomic E-state index is 0.0114. The molecule has 0 saturated heterocycles. The molecule has 2 N–H and O–H groups in total. The van der Waals surface area contributed by atoms with E-state index in [2.05, 4.69) is 15.5 Å². The van der Waals surface area contributed by atoms with Gasteiger partial charge < -0.3 is 15.5 Å². The highest BCUT2D eigenvalue weighted by Crippen LogP contribution is 1.80. The molecular formula is C12H27N3O2. The Bertz CT molecular complexity index is 208. The lowest BCUT2D eigenvalue weighted by molar-refractivity contribution is -0.121. The van der Waals surface area contributed by atoms with Crippen molar-refractivity contribution in [2.45, 2.75) is 34.1 Å². The fraction of sp³-hybridized carbons (Fsp3) is 0.833. The van der Waals surface area contributed by atoms with Crippen LogP contribution in [0.1, 0.15) is 34.1 Å². The van der Waals surface area contributed by atoms with Gasteiger partial charge >= 0.3 is 0 Å². The maximum atomic E-state index is 10.9. The van der Waals surface area contributed by atoms with Crippen LogP contribution < -0.4 is 10.6 Å². The predicted molar refractivity (Wildman–Crippen MR) is 70.8 cm³/mol. The number of hydrogen-bond donors (Lipinski definition) is 2. The Morgan fingerprint density at radius 3 is 1.94 bits per heavy atom. The first-order chi connectivity index (χ1) is 8.06. The third kappa shape index (κ3) is 14.9. The molecule has 17 heavy (non-hydrogen) atoms. The van der Waals surface area contributed by atoms with Gasteiger partial charge in [0.05, 0.1) is 0 Å². The van der Waals surface area contributed by atoms with Gasteiger partial charge in [-0.15, -0.1) is 0 Å². The Balaban J connectivity index is 0. The van der Waals surface area contributed by atoms with Crippen LogP contribution in [0.4, 0.5) is 0 Å². The fourth-order valence-corrected chi connectivity index (χ4v) is 1.05. The van der Waals surface area contributed by atoms with Crippen molar-refractivity contribution in [2.75, 3.05) is 33.2 Å². The van der Waals surface area contributed by atoms with Gasteiger partial charge in [-0.25, -0.2) is 0 Å². The molecule has 0 spiro atoms. The van der Waals surface area contributed by atoms with Crippen molar-refractivity contribution in [3.63, 3.8) is 0 Å². The van der Waals surface area contributed by atoms with Crippen LogP contribution in [0.3, 0.4) is 0 Å². The predicted octanol–water partition coefficient (Wildman–Crippen LogP) is 0.607. The molecule has 5 heteroatoms. The Morgan fingerprint density at radius 1 is 1.06 bits per heavy atom. The van der Waals surface area contributed by atoms with Crippen molar-refractivity contribution in [1.82, 2.24) is 15.5 Å². The third-order valence-corrected chi connectivity index (χ3v) is 2.00. The van der Waals surface area contributed by atoms with Crippen molar-refractivity contribution < 1.29 is 9.59 Å². The summed E-state index contributed by atoms with van der Waals surface area (Å²) in [6.07, 6.45) is 0.523. The summed E-state index contributed by atoms with van der Waals surface area (Å²) < 4.78 is 0. The maximum absolute atomic E-state index is 10.9. The van der Waals surface area contributed by atoms with E-state index in [0.717, 1.165) is 13.1 Å². The van der Waals surface area contributed by atoms with Crippen LogP contribution in [0.15, 0.2) is 0 Å². The molecule has 0 radical (unpaired) electrons. The lowest BCUT2D eigenvalue weighted by Crippen LogP contribution is -2.36. The highest BCUT2D eigenvalue weighted by atomic mass is 16.2. The number of rotatable bonds is 7. The summed E-state index contributed by atoms with van der Waals surface area (Å²) in [5.74, 6) is 0.0629. The maximum Gasteiger partial charge on any atom is 0.219 e. The van der Waals surface area contributed by atoms with Gasteiger partial charge in [-0.05, 0) is 7.05 Å². The second kappa shape index (κ2) is 13.0. The molecule has 0 aliphatic heterocycles. The van der Waals surface area contributed by atoms with Crippen molar-refractivity contribution in [2.24, 2.45) is 0 Å². The summed E-state index contributed by atoms with van der Waals surface area (Å²) in [4.78, 5) is 23.6. The second-order valence-electron chi connectivity index (χ2n) is 3.49. The van der Waals surface area contributed by atoms with E-state index < -0.39 is 0 Å². The first-order valence-electron chi connectivity index (χ1n) is 6.26. The lowest BCUT2D eigenvalue weighted by atomic mass is 10.4. The number of nitrogens with zero attached hydrogens (tertiary/aromatic N) is 1. The minimum Gasteiger partial charge on any atom is -0.355 e. The summed E-state index contributed by atoms with van der Waals surface area (Å²) in [6, 6.07) is 0. The summed E-state index contributed by atoms with van der Waals surface area (Å²) in [5, 5.41) is 5.51. The molecule has 2 amide bonds. The summed E-state index contributed by atoms with van der Waals surface area (Å²) in [7, 11) is 1.96. The molecule has 5 nitrogen and oxygen atoms in total. The second-order valence-corrected chi connectivity index (χ2v) is 3.49. The van der Waals surface area contributed by atoms with Gasteiger partial charge in [-0.2, -0.15) is 0 Å². The molecule has 0 aromatic carbocycles. The van der Waals surface area contributed by atoms with Crippen LogP contribution in [0.5, 0.6) is 0 Å². The highest BCUT2D eigenvalue weighted by Gasteiger charge is 2.00. The number of nitrogens with one attached hydrogen (secondary N) is 2. The van der Waals surface area contributed by atoms with E-state index in [1.807, 2.05) is 27.8 Å². The first kappa shape index (κ1) is 18.3. The van der Waals surface area contributed by atoms with Gasteiger partial charge in [0.2, 0.25) is 11.8 Å². The number of likely N-dealkylation sites (N-methyl/N-ethyl adjacent to an activating group) is 1. The smallest absolute Gasteiger partial charge is 0.219 e. The van der Waals surface area contributed by atoms with Gasteiger partial charge in [0.1, 0.15) is 0 Å². The van der Waals surface area contributed by atoms with Crippen molar-refractivity contribution >= 4 is 11.8 Å². The van der Waals surface area contributed by atoms with Gasteiger partial charge in [-0.1, -0.05) is 20.8 Å². The van der Waals surface area contributed by atoms with Gasteiger partial charge in [0.25, 0.3) is 0 Å². The van der Waals surface area contributed by atoms with E-state index in [1.165, 1.54) is 6.92 Å². The zero-order valence-electron chi connectivity index (χ0n) is 11.8. The number of hydrogen-bond acceptors (Lipinski definition) is 3. The molecule has 0 aliphatic rings. The van der Waals surface area contributed by atoms with Gasteiger partial charge in [0, 0.05) is 39.5 Å². The van der Waals surface area contributed by atoms with Crippen molar-refractivity contribution in [3.05, 3.63) is 0 Å². The van der Waals surface area contributed by atoms with Crippen LogP contribution >= 0.6 is 0 Å². The Kier molecular flexibility index (Phi) is 13.9. The lowest BCUT2D eigenvalue weighted by Gasteiger charge is -2.16. The topological polar surface area (TPSA) is 61.4 Å². The van der Waals surface area contributed by atoms with Crippen LogP contribution in [0.2, 0.25) is 0 Å². The van der Waals surface area contributed by atoms with E-state index in [0.29, 0.717) is 19.5 Å². The number of carbonyl (C=O) groups excluding carboxylic acids is 2. The largest absolute Gasteiger partial charge is 0.355 e. The summed E-state index contributed by atoms with van der Waals surface area (Å²) in [6.45, 7) is 10.2. The SMILES string of the molecule is CC.CCC(=O)NCCN(C)CCNC(C)=O. The Labute approximate surface area is 105 Å². The number of amides is 2.